The Balaban J connectivity index is 1.42. The van der Waals surface area contributed by atoms with Gasteiger partial charge >= 0.3 is 5.97 Å². The third kappa shape index (κ3) is 4.33. The van der Waals surface area contributed by atoms with Crippen LogP contribution in [0, 0.1) is 5.41 Å². The lowest BCUT2D eigenvalue weighted by atomic mass is 9.98. The number of nitrogens with one attached hydrogen (secondary N) is 1. The molecule has 0 fully saturated rings. The summed E-state index contributed by atoms with van der Waals surface area (Å²) < 4.78 is 5.82. The molecular weight excluding hydrogens is 464 g/mol. The van der Waals surface area contributed by atoms with Gasteiger partial charge in [-0.1, -0.05) is 49.4 Å². The zero-order chi connectivity index (χ0) is 24.5. The first kappa shape index (κ1) is 22.5. The zero-order valence-electron chi connectivity index (χ0n) is 18.6. The fourth-order valence-corrected chi connectivity index (χ4v) is 5.02. The molecule has 8 nitrogen and oxygen atoms in total. The third-order valence-corrected chi connectivity index (χ3v) is 6.71. The van der Waals surface area contributed by atoms with Crippen LogP contribution in [0.1, 0.15) is 40.9 Å². The molecule has 0 radical (unpaired) electrons. The number of hydrogen-bond acceptors (Lipinski definition) is 6. The minimum absolute atomic E-state index is 0.0408. The van der Waals surface area contributed by atoms with Crippen molar-refractivity contribution in [1.29, 1.82) is 5.41 Å². The number of carboxylic acid groups (broad SMARTS) is 1. The monoisotopic (exact) mass is 484 g/mol. The Morgan fingerprint density at radius 1 is 1.17 bits per heavy atom. The number of amidine groups is 2. The molecule has 3 heterocycles. The number of aromatic carboxylic acids is 1. The van der Waals surface area contributed by atoms with Crippen molar-refractivity contribution < 1.29 is 19.1 Å². The summed E-state index contributed by atoms with van der Waals surface area (Å²) in [6.45, 7) is 2.07. The smallest absolute Gasteiger partial charge is 0.335 e. The minimum Gasteiger partial charge on any atom is -0.478 e. The van der Waals surface area contributed by atoms with Gasteiger partial charge < -0.3 is 9.52 Å². The van der Waals surface area contributed by atoms with Gasteiger partial charge in [-0.3, -0.25) is 10.2 Å². The Morgan fingerprint density at radius 3 is 2.71 bits per heavy atom. The predicted molar refractivity (Wildman–Crippen MR) is 136 cm³/mol. The lowest BCUT2D eigenvalue weighted by Gasteiger charge is -2.19. The number of amides is 1. The van der Waals surface area contributed by atoms with E-state index in [1.165, 1.54) is 35.0 Å². The summed E-state index contributed by atoms with van der Waals surface area (Å²) in [5, 5.41) is 25.0. The molecule has 2 aliphatic rings. The highest BCUT2D eigenvalue weighted by Gasteiger charge is 2.37. The van der Waals surface area contributed by atoms with E-state index in [0.717, 1.165) is 17.0 Å². The molecule has 35 heavy (non-hydrogen) atoms. The van der Waals surface area contributed by atoms with Gasteiger partial charge in [0.1, 0.15) is 16.6 Å². The number of hydrogen-bond donors (Lipinski definition) is 2. The molecule has 2 aliphatic heterocycles. The lowest BCUT2D eigenvalue weighted by Crippen LogP contribution is -2.35. The van der Waals surface area contributed by atoms with E-state index in [0.29, 0.717) is 22.3 Å². The van der Waals surface area contributed by atoms with Crippen molar-refractivity contribution in [2.45, 2.75) is 19.3 Å². The van der Waals surface area contributed by atoms with E-state index in [1.54, 1.807) is 24.3 Å². The number of carboxylic acids is 1. The SMILES string of the molecule is CCC(C1=NN2C(=N)/C(=C\c3ccc(-c4cccc(C(=O)O)c4)o3)C(=O)N=C2S1)c1ccccc1. The zero-order valence-corrected chi connectivity index (χ0v) is 19.5. The van der Waals surface area contributed by atoms with Crippen LogP contribution in [0.3, 0.4) is 0 Å². The van der Waals surface area contributed by atoms with Gasteiger partial charge in [-0.05, 0) is 54.1 Å². The van der Waals surface area contributed by atoms with Crippen molar-refractivity contribution in [3.8, 4) is 11.3 Å². The molecule has 0 saturated carbocycles. The minimum atomic E-state index is -1.03. The fourth-order valence-electron chi connectivity index (χ4n) is 3.92. The molecule has 3 aromatic rings. The van der Waals surface area contributed by atoms with Crippen molar-refractivity contribution in [1.82, 2.24) is 5.01 Å². The summed E-state index contributed by atoms with van der Waals surface area (Å²) in [5.41, 5.74) is 1.92. The van der Waals surface area contributed by atoms with Crippen molar-refractivity contribution in [3.05, 3.63) is 89.2 Å². The van der Waals surface area contributed by atoms with E-state index < -0.39 is 11.9 Å². The highest BCUT2D eigenvalue weighted by molar-refractivity contribution is 8.27. The quantitative estimate of drug-likeness (QED) is 0.449. The second-order valence-electron chi connectivity index (χ2n) is 7.92. The summed E-state index contributed by atoms with van der Waals surface area (Å²) in [5.74, 6) is -0.806. The third-order valence-electron chi connectivity index (χ3n) is 5.69. The summed E-state index contributed by atoms with van der Waals surface area (Å²) in [6, 6.07) is 19.7. The average molecular weight is 485 g/mol. The highest BCUT2D eigenvalue weighted by atomic mass is 32.2. The highest BCUT2D eigenvalue weighted by Crippen LogP contribution is 2.36. The number of benzene rings is 2. The Kier molecular flexibility index (Phi) is 5.92. The number of furan rings is 1. The van der Waals surface area contributed by atoms with E-state index in [2.05, 4.69) is 17.0 Å². The first-order chi connectivity index (χ1) is 16.9. The van der Waals surface area contributed by atoms with Gasteiger partial charge in [0.05, 0.1) is 11.1 Å². The second kappa shape index (κ2) is 9.19. The Bertz CT molecular complexity index is 1440. The number of carbonyl (C=O) groups is 2. The molecule has 1 amide bonds. The molecule has 2 N–H and O–H groups in total. The molecule has 1 unspecified atom stereocenters. The first-order valence-corrected chi connectivity index (χ1v) is 11.7. The van der Waals surface area contributed by atoms with Crippen LogP contribution in [0.5, 0.6) is 0 Å². The van der Waals surface area contributed by atoms with Crippen molar-refractivity contribution in [2.75, 3.05) is 0 Å². The van der Waals surface area contributed by atoms with Crippen LogP contribution >= 0.6 is 11.8 Å². The summed E-state index contributed by atoms with van der Waals surface area (Å²) in [4.78, 5) is 28.2. The van der Waals surface area contributed by atoms with Crippen LogP contribution in [0.25, 0.3) is 17.4 Å². The predicted octanol–water partition coefficient (Wildman–Crippen LogP) is 5.46. The molecule has 0 bridgehead atoms. The number of thioether (sulfide) groups is 1. The van der Waals surface area contributed by atoms with Crippen LogP contribution in [0.15, 0.2) is 86.8 Å². The van der Waals surface area contributed by atoms with Crippen molar-refractivity contribution in [2.24, 2.45) is 10.1 Å². The Labute approximate surface area is 205 Å². The molecule has 0 spiro atoms. The van der Waals surface area contributed by atoms with Crippen LogP contribution in [-0.4, -0.2) is 38.0 Å². The molecule has 2 aromatic carbocycles. The van der Waals surface area contributed by atoms with E-state index in [-0.39, 0.29) is 22.9 Å². The molecule has 9 heteroatoms. The van der Waals surface area contributed by atoms with Gasteiger partial charge in [0.15, 0.2) is 5.84 Å². The van der Waals surface area contributed by atoms with Gasteiger partial charge in [0, 0.05) is 11.5 Å². The number of rotatable bonds is 6. The normalized spacial score (nSPS) is 17.3. The van der Waals surface area contributed by atoms with E-state index >= 15 is 0 Å². The molecule has 1 aromatic heterocycles. The maximum absolute atomic E-state index is 12.8. The first-order valence-electron chi connectivity index (χ1n) is 10.9. The number of aliphatic imine (C=N–C) groups is 1. The molecular formula is C26H20N4O4S. The molecule has 5 rings (SSSR count). The van der Waals surface area contributed by atoms with Gasteiger partial charge in [-0.2, -0.15) is 15.1 Å². The van der Waals surface area contributed by atoms with Crippen molar-refractivity contribution in [3.63, 3.8) is 0 Å². The van der Waals surface area contributed by atoms with E-state index in [4.69, 9.17) is 9.83 Å². The van der Waals surface area contributed by atoms with Crippen LogP contribution in [0.4, 0.5) is 0 Å². The molecule has 0 aliphatic carbocycles. The summed E-state index contributed by atoms with van der Waals surface area (Å²) in [7, 11) is 0. The van der Waals surface area contributed by atoms with E-state index in [1.807, 2.05) is 30.3 Å². The van der Waals surface area contributed by atoms with Crippen LogP contribution in [-0.2, 0) is 4.79 Å². The molecule has 1 atom stereocenters. The number of carbonyl (C=O) groups excluding carboxylic acids is 1. The van der Waals surface area contributed by atoms with Crippen molar-refractivity contribution >= 4 is 45.8 Å². The lowest BCUT2D eigenvalue weighted by molar-refractivity contribution is -0.114. The number of nitrogens with zero attached hydrogens (tertiary/aromatic N) is 3. The summed E-state index contributed by atoms with van der Waals surface area (Å²) in [6.07, 6.45) is 2.28. The van der Waals surface area contributed by atoms with Gasteiger partial charge in [0.25, 0.3) is 5.91 Å². The number of hydrazone groups is 1. The number of fused-ring (bicyclic) bond motifs is 1. The average Bonchev–Trinajstić information content (AvgIpc) is 3.50. The maximum atomic E-state index is 12.8. The second-order valence-corrected chi connectivity index (χ2v) is 8.91. The Morgan fingerprint density at radius 2 is 1.97 bits per heavy atom. The van der Waals surface area contributed by atoms with E-state index in [9.17, 15) is 14.7 Å². The van der Waals surface area contributed by atoms with Gasteiger partial charge in [0.2, 0.25) is 5.17 Å². The van der Waals surface area contributed by atoms with Gasteiger partial charge in [-0.15, -0.1) is 0 Å². The Hall–Kier alpha value is -4.24. The molecule has 0 saturated heterocycles. The maximum Gasteiger partial charge on any atom is 0.335 e. The van der Waals surface area contributed by atoms with Crippen LogP contribution < -0.4 is 0 Å². The standard InChI is InChI=1S/C26H20N4O4S/c1-2-19(15-7-4-3-5-8-15)24-29-30-22(27)20(23(31)28-26(30)35-24)14-18-11-12-21(34-18)16-9-6-10-17(13-16)25(32)33/h3-14,19,27H,2H2,1H3,(H,32,33)/b20-14+,27-22?. The van der Waals surface area contributed by atoms with Gasteiger partial charge in [-0.25, -0.2) is 4.79 Å². The summed E-state index contributed by atoms with van der Waals surface area (Å²) >= 11 is 1.31. The largest absolute Gasteiger partial charge is 0.478 e. The topological polar surface area (TPSA) is 119 Å². The molecule has 174 valence electrons. The fraction of sp³-hybridized carbons (Fsp3) is 0.115. The van der Waals surface area contributed by atoms with Crippen LogP contribution in [0.2, 0.25) is 0 Å².